The van der Waals surface area contributed by atoms with E-state index < -0.39 is 5.97 Å². The molecular weight excluding hydrogens is 328 g/mol. The third-order valence-corrected chi connectivity index (χ3v) is 4.19. The summed E-state index contributed by atoms with van der Waals surface area (Å²) in [5.74, 6) is -0.863. The van der Waals surface area contributed by atoms with Crippen LogP contribution in [0.4, 0.5) is 0 Å². The minimum atomic E-state index is -1.17. The smallest absolute Gasteiger partial charge is 0.354 e. The number of thiophene rings is 1. The molecule has 0 atom stereocenters. The Hall–Kier alpha value is -2.93. The Labute approximate surface area is 142 Å². The summed E-state index contributed by atoms with van der Waals surface area (Å²) in [6.07, 6.45) is 1.55. The molecule has 1 amide bonds. The molecule has 3 heterocycles. The fraction of sp³-hybridized carbons (Fsp3) is 0.118. The summed E-state index contributed by atoms with van der Waals surface area (Å²) in [4.78, 5) is 30.4. The SMILES string of the molecule is O=C(O)c1cccc(C(=O)N(Cc2ccco2)Cc2cccs2)n1. The van der Waals surface area contributed by atoms with Crippen molar-refractivity contribution in [1.82, 2.24) is 9.88 Å². The Kier molecular flexibility index (Phi) is 4.72. The van der Waals surface area contributed by atoms with E-state index in [1.54, 1.807) is 34.6 Å². The van der Waals surface area contributed by atoms with Gasteiger partial charge in [-0.15, -0.1) is 11.3 Å². The van der Waals surface area contributed by atoms with Crippen molar-refractivity contribution in [3.05, 3.63) is 76.1 Å². The second-order valence-electron chi connectivity index (χ2n) is 5.03. The number of aromatic nitrogens is 1. The Morgan fingerprint density at radius 1 is 1.08 bits per heavy atom. The normalized spacial score (nSPS) is 10.5. The van der Waals surface area contributed by atoms with E-state index in [0.717, 1.165) is 4.88 Å². The number of carbonyl (C=O) groups is 2. The van der Waals surface area contributed by atoms with Gasteiger partial charge in [-0.2, -0.15) is 0 Å². The first-order chi connectivity index (χ1) is 11.6. The van der Waals surface area contributed by atoms with Crippen LogP contribution in [-0.2, 0) is 13.1 Å². The van der Waals surface area contributed by atoms with E-state index in [1.807, 2.05) is 17.5 Å². The monoisotopic (exact) mass is 342 g/mol. The highest BCUT2D eigenvalue weighted by Gasteiger charge is 2.20. The van der Waals surface area contributed by atoms with Crippen LogP contribution in [-0.4, -0.2) is 26.9 Å². The molecule has 0 aliphatic carbocycles. The van der Waals surface area contributed by atoms with Crippen LogP contribution in [0, 0.1) is 0 Å². The van der Waals surface area contributed by atoms with Crippen LogP contribution in [0.1, 0.15) is 31.6 Å². The Balaban J connectivity index is 1.87. The van der Waals surface area contributed by atoms with Gasteiger partial charge >= 0.3 is 5.97 Å². The highest BCUT2D eigenvalue weighted by Crippen LogP contribution is 2.17. The molecular formula is C17H14N2O4S. The number of hydrogen-bond acceptors (Lipinski definition) is 5. The molecule has 0 saturated carbocycles. The zero-order valence-corrected chi connectivity index (χ0v) is 13.4. The number of carboxylic acid groups (broad SMARTS) is 1. The van der Waals surface area contributed by atoms with Crippen molar-refractivity contribution in [1.29, 1.82) is 0 Å². The summed E-state index contributed by atoms with van der Waals surface area (Å²) in [5.41, 5.74) is -0.0621. The minimum Gasteiger partial charge on any atom is -0.477 e. The van der Waals surface area contributed by atoms with Crippen LogP contribution < -0.4 is 0 Å². The highest BCUT2D eigenvalue weighted by atomic mass is 32.1. The van der Waals surface area contributed by atoms with Gasteiger partial charge in [0.2, 0.25) is 0 Å². The lowest BCUT2D eigenvalue weighted by molar-refractivity contribution is 0.0688. The highest BCUT2D eigenvalue weighted by molar-refractivity contribution is 7.09. The second-order valence-corrected chi connectivity index (χ2v) is 6.07. The van der Waals surface area contributed by atoms with E-state index in [0.29, 0.717) is 12.3 Å². The lowest BCUT2D eigenvalue weighted by atomic mass is 10.2. The molecule has 0 aliphatic heterocycles. The van der Waals surface area contributed by atoms with Crippen LogP contribution in [0.15, 0.2) is 58.5 Å². The summed E-state index contributed by atoms with van der Waals surface area (Å²) >= 11 is 1.55. The van der Waals surface area contributed by atoms with Gasteiger partial charge in [-0.1, -0.05) is 12.1 Å². The molecule has 0 spiro atoms. The average molecular weight is 342 g/mol. The predicted octanol–water partition coefficient (Wildman–Crippen LogP) is 3.28. The number of furan rings is 1. The van der Waals surface area contributed by atoms with Gasteiger partial charge in [-0.05, 0) is 35.7 Å². The predicted molar refractivity (Wildman–Crippen MR) is 87.8 cm³/mol. The van der Waals surface area contributed by atoms with Crippen molar-refractivity contribution in [3.8, 4) is 0 Å². The zero-order chi connectivity index (χ0) is 16.9. The third kappa shape index (κ3) is 3.69. The Bertz CT molecular complexity index is 792. The van der Waals surface area contributed by atoms with Crippen molar-refractivity contribution < 1.29 is 19.1 Å². The molecule has 122 valence electrons. The Morgan fingerprint density at radius 3 is 2.58 bits per heavy atom. The van der Waals surface area contributed by atoms with E-state index in [9.17, 15) is 9.59 Å². The molecule has 0 aliphatic rings. The lowest BCUT2D eigenvalue weighted by Gasteiger charge is -2.20. The van der Waals surface area contributed by atoms with Crippen molar-refractivity contribution >= 4 is 23.2 Å². The van der Waals surface area contributed by atoms with Crippen LogP contribution in [0.2, 0.25) is 0 Å². The van der Waals surface area contributed by atoms with Crippen LogP contribution in [0.5, 0.6) is 0 Å². The van der Waals surface area contributed by atoms with Gasteiger partial charge in [0.05, 0.1) is 19.4 Å². The largest absolute Gasteiger partial charge is 0.477 e. The molecule has 3 aromatic heterocycles. The van der Waals surface area contributed by atoms with E-state index in [1.165, 1.54) is 18.2 Å². The van der Waals surface area contributed by atoms with Gasteiger partial charge in [-0.3, -0.25) is 4.79 Å². The fourth-order valence-electron chi connectivity index (χ4n) is 2.22. The molecule has 1 N–H and O–H groups in total. The molecule has 0 unspecified atom stereocenters. The molecule has 0 radical (unpaired) electrons. The lowest BCUT2D eigenvalue weighted by Crippen LogP contribution is -2.30. The molecule has 6 nitrogen and oxygen atoms in total. The van der Waals surface area contributed by atoms with Crippen LogP contribution >= 0.6 is 11.3 Å². The van der Waals surface area contributed by atoms with Crippen LogP contribution in [0.3, 0.4) is 0 Å². The molecule has 3 rings (SSSR count). The fourth-order valence-corrected chi connectivity index (χ4v) is 2.94. The number of carboxylic acids is 1. The van der Waals surface area contributed by atoms with E-state index in [-0.39, 0.29) is 23.8 Å². The van der Waals surface area contributed by atoms with Gasteiger partial charge in [0.25, 0.3) is 5.91 Å². The number of amides is 1. The summed E-state index contributed by atoms with van der Waals surface area (Å²) in [7, 11) is 0. The van der Waals surface area contributed by atoms with Crippen molar-refractivity contribution in [2.45, 2.75) is 13.1 Å². The molecule has 0 fully saturated rings. The van der Waals surface area contributed by atoms with Crippen molar-refractivity contribution in [3.63, 3.8) is 0 Å². The first-order valence-corrected chi connectivity index (χ1v) is 8.06. The second kappa shape index (κ2) is 7.10. The summed E-state index contributed by atoms with van der Waals surface area (Å²) in [5, 5.41) is 11.0. The number of hydrogen-bond donors (Lipinski definition) is 1. The van der Waals surface area contributed by atoms with Gasteiger partial charge in [-0.25, -0.2) is 9.78 Å². The molecule has 0 bridgehead atoms. The van der Waals surface area contributed by atoms with Crippen LogP contribution in [0.25, 0.3) is 0 Å². The molecule has 0 aromatic carbocycles. The Morgan fingerprint density at radius 2 is 1.92 bits per heavy atom. The number of aromatic carboxylic acids is 1. The van der Waals surface area contributed by atoms with Crippen molar-refractivity contribution in [2.75, 3.05) is 0 Å². The minimum absolute atomic E-state index is 0.0954. The van der Waals surface area contributed by atoms with Crippen molar-refractivity contribution in [2.24, 2.45) is 0 Å². The number of pyridine rings is 1. The van der Waals surface area contributed by atoms with E-state index >= 15 is 0 Å². The maximum absolute atomic E-state index is 12.8. The van der Waals surface area contributed by atoms with Gasteiger partial charge in [0, 0.05) is 4.88 Å². The molecule has 24 heavy (non-hydrogen) atoms. The van der Waals surface area contributed by atoms with Gasteiger partial charge in [0.1, 0.15) is 17.1 Å². The number of nitrogens with zero attached hydrogens (tertiary/aromatic N) is 2. The molecule has 7 heteroatoms. The third-order valence-electron chi connectivity index (χ3n) is 3.33. The number of rotatable bonds is 6. The molecule has 3 aromatic rings. The summed E-state index contributed by atoms with van der Waals surface area (Å²) in [6.45, 7) is 0.679. The number of carbonyl (C=O) groups excluding carboxylic acids is 1. The summed E-state index contributed by atoms with van der Waals surface area (Å²) < 4.78 is 5.33. The standard InChI is InChI=1S/C17H14N2O4S/c20-16(14-6-1-7-15(18-14)17(21)22)19(10-12-4-2-8-23-12)11-13-5-3-9-24-13/h1-9H,10-11H2,(H,21,22). The topological polar surface area (TPSA) is 83.6 Å². The maximum atomic E-state index is 12.8. The zero-order valence-electron chi connectivity index (χ0n) is 12.6. The van der Waals surface area contributed by atoms with E-state index in [4.69, 9.17) is 9.52 Å². The molecule has 0 saturated heterocycles. The first kappa shape index (κ1) is 15.9. The maximum Gasteiger partial charge on any atom is 0.354 e. The first-order valence-electron chi connectivity index (χ1n) is 7.18. The average Bonchev–Trinajstić information content (AvgIpc) is 3.27. The van der Waals surface area contributed by atoms with Gasteiger partial charge in [0.15, 0.2) is 0 Å². The summed E-state index contributed by atoms with van der Waals surface area (Å²) in [6, 6.07) is 11.8. The van der Waals surface area contributed by atoms with E-state index in [2.05, 4.69) is 4.98 Å². The quantitative estimate of drug-likeness (QED) is 0.743. The van der Waals surface area contributed by atoms with Gasteiger partial charge < -0.3 is 14.4 Å².